The van der Waals surface area contributed by atoms with E-state index in [1.54, 1.807) is 42.5 Å². The molecule has 0 atom stereocenters. The molecular formula is C22H17Cl2NO3S. The fourth-order valence-corrected chi connectivity index (χ4v) is 4.20. The van der Waals surface area contributed by atoms with E-state index in [1.807, 2.05) is 19.1 Å². The summed E-state index contributed by atoms with van der Waals surface area (Å²) in [5.74, 6) is -0.884. The summed E-state index contributed by atoms with van der Waals surface area (Å²) in [7, 11) is 1.31. The second-order valence-electron chi connectivity index (χ2n) is 6.11. The zero-order valence-electron chi connectivity index (χ0n) is 15.7. The number of anilines is 1. The van der Waals surface area contributed by atoms with Crippen molar-refractivity contribution in [3.8, 4) is 11.1 Å². The van der Waals surface area contributed by atoms with Crippen LogP contribution in [0.5, 0.6) is 0 Å². The van der Waals surface area contributed by atoms with Crippen molar-refractivity contribution in [2.24, 2.45) is 0 Å². The first-order valence-corrected chi connectivity index (χ1v) is 10.2. The van der Waals surface area contributed by atoms with Gasteiger partial charge in [-0.1, -0.05) is 47.5 Å². The molecule has 148 valence electrons. The number of hydrogen-bond donors (Lipinski definition) is 1. The molecule has 0 aliphatic carbocycles. The van der Waals surface area contributed by atoms with Gasteiger partial charge < -0.3 is 10.1 Å². The lowest BCUT2D eigenvalue weighted by Crippen LogP contribution is -2.11. The average molecular weight is 446 g/mol. The van der Waals surface area contributed by atoms with Gasteiger partial charge in [-0.15, -0.1) is 11.3 Å². The number of esters is 1. The summed E-state index contributed by atoms with van der Waals surface area (Å²) < 4.78 is 4.96. The average Bonchev–Trinajstić information content (AvgIpc) is 3.02. The van der Waals surface area contributed by atoms with Gasteiger partial charge in [0.05, 0.1) is 7.11 Å². The van der Waals surface area contributed by atoms with E-state index in [-0.39, 0.29) is 5.91 Å². The van der Waals surface area contributed by atoms with Crippen LogP contribution in [0.3, 0.4) is 0 Å². The van der Waals surface area contributed by atoms with Crippen LogP contribution in [0, 0.1) is 6.92 Å². The fourth-order valence-electron chi connectivity index (χ4n) is 2.82. The minimum absolute atomic E-state index is 0.311. The van der Waals surface area contributed by atoms with Crippen molar-refractivity contribution >= 4 is 57.5 Å². The predicted molar refractivity (Wildman–Crippen MR) is 120 cm³/mol. The second-order valence-corrected chi connectivity index (χ2v) is 8.21. The van der Waals surface area contributed by atoms with Crippen LogP contribution >= 0.6 is 34.5 Å². The number of nitrogens with one attached hydrogen (secondary N) is 1. The Bertz CT molecular complexity index is 1090. The molecule has 0 aliphatic heterocycles. The lowest BCUT2D eigenvalue weighted by Gasteiger charge is -2.07. The topological polar surface area (TPSA) is 55.4 Å². The van der Waals surface area contributed by atoms with Crippen LogP contribution in [0.1, 0.15) is 20.8 Å². The third kappa shape index (κ3) is 5.07. The summed E-state index contributed by atoms with van der Waals surface area (Å²) >= 11 is 13.3. The Morgan fingerprint density at radius 1 is 1.07 bits per heavy atom. The maximum Gasteiger partial charge on any atom is 0.341 e. The van der Waals surface area contributed by atoms with Crippen molar-refractivity contribution in [3.05, 3.63) is 80.7 Å². The highest BCUT2D eigenvalue weighted by atomic mass is 35.5. The number of thiophene rings is 1. The van der Waals surface area contributed by atoms with E-state index in [0.717, 1.165) is 16.0 Å². The first kappa shape index (κ1) is 21.1. The third-order valence-electron chi connectivity index (χ3n) is 4.12. The highest BCUT2D eigenvalue weighted by Crippen LogP contribution is 2.41. The molecule has 0 unspecified atom stereocenters. The predicted octanol–water partition coefficient (Wildman–Crippen LogP) is 6.47. The molecule has 0 saturated carbocycles. The maximum atomic E-state index is 12.5. The Labute approximate surface area is 182 Å². The Morgan fingerprint density at radius 3 is 2.45 bits per heavy atom. The van der Waals surface area contributed by atoms with Crippen LogP contribution < -0.4 is 5.32 Å². The van der Waals surface area contributed by atoms with Gasteiger partial charge in [-0.05, 0) is 48.4 Å². The van der Waals surface area contributed by atoms with E-state index in [2.05, 4.69) is 5.32 Å². The van der Waals surface area contributed by atoms with Gasteiger partial charge in [0.15, 0.2) is 0 Å². The molecule has 1 aromatic heterocycles. The van der Waals surface area contributed by atoms with Gasteiger partial charge in [0.2, 0.25) is 5.91 Å². The summed E-state index contributed by atoms with van der Waals surface area (Å²) in [5.41, 5.74) is 2.62. The van der Waals surface area contributed by atoms with Crippen LogP contribution in [0.25, 0.3) is 17.2 Å². The molecule has 1 N–H and O–H groups in total. The number of benzene rings is 2. The highest BCUT2D eigenvalue weighted by molar-refractivity contribution is 7.17. The van der Waals surface area contributed by atoms with Gasteiger partial charge in [0.1, 0.15) is 10.6 Å². The van der Waals surface area contributed by atoms with Crippen LogP contribution in [-0.2, 0) is 9.53 Å². The molecule has 0 saturated heterocycles. The molecular weight excluding hydrogens is 429 g/mol. The van der Waals surface area contributed by atoms with Gasteiger partial charge in [-0.25, -0.2) is 4.79 Å². The van der Waals surface area contributed by atoms with E-state index in [4.69, 9.17) is 27.9 Å². The van der Waals surface area contributed by atoms with Crippen LogP contribution in [0.15, 0.2) is 54.6 Å². The maximum absolute atomic E-state index is 12.5. The van der Waals surface area contributed by atoms with Gasteiger partial charge in [-0.2, -0.15) is 0 Å². The summed E-state index contributed by atoms with van der Waals surface area (Å²) in [4.78, 5) is 25.8. The molecule has 0 spiro atoms. The number of ether oxygens (including phenoxy) is 1. The molecule has 1 heterocycles. The van der Waals surface area contributed by atoms with E-state index >= 15 is 0 Å². The smallest absolute Gasteiger partial charge is 0.341 e. The van der Waals surface area contributed by atoms with Crippen LogP contribution in [-0.4, -0.2) is 19.0 Å². The molecule has 0 radical (unpaired) electrons. The molecule has 2 aromatic carbocycles. The minimum Gasteiger partial charge on any atom is -0.465 e. The summed E-state index contributed by atoms with van der Waals surface area (Å²) in [6.45, 7) is 1.88. The summed E-state index contributed by atoms with van der Waals surface area (Å²) in [6.07, 6.45) is 3.07. The number of rotatable bonds is 5. The Morgan fingerprint density at radius 2 is 1.79 bits per heavy atom. The number of carbonyl (C=O) groups is 2. The minimum atomic E-state index is -0.527. The van der Waals surface area contributed by atoms with Gasteiger partial charge >= 0.3 is 5.97 Å². The Balaban J connectivity index is 1.92. The summed E-state index contributed by atoms with van der Waals surface area (Å²) in [5, 5.41) is 4.39. The molecule has 0 bridgehead atoms. The molecule has 29 heavy (non-hydrogen) atoms. The number of methoxy groups -OCH3 is 1. The lowest BCUT2D eigenvalue weighted by molar-refractivity contribution is -0.111. The molecule has 4 nitrogen and oxygen atoms in total. The van der Waals surface area contributed by atoms with Crippen molar-refractivity contribution in [1.29, 1.82) is 0 Å². The zero-order chi connectivity index (χ0) is 21.0. The number of hydrogen-bond acceptors (Lipinski definition) is 4. The molecule has 3 rings (SSSR count). The first-order chi connectivity index (χ1) is 13.9. The van der Waals surface area contributed by atoms with Gasteiger partial charge in [-0.3, -0.25) is 4.79 Å². The Hall–Kier alpha value is -2.60. The number of carbonyl (C=O) groups excluding carboxylic acids is 2. The monoisotopic (exact) mass is 445 g/mol. The van der Waals surface area contributed by atoms with Crippen LogP contribution in [0.4, 0.5) is 5.00 Å². The van der Waals surface area contributed by atoms with E-state index in [0.29, 0.717) is 26.2 Å². The van der Waals surface area contributed by atoms with Crippen molar-refractivity contribution < 1.29 is 14.3 Å². The van der Waals surface area contributed by atoms with Crippen molar-refractivity contribution in [2.75, 3.05) is 12.4 Å². The fraction of sp³-hybridized carbons (Fsp3) is 0.0909. The second kappa shape index (κ2) is 9.27. The molecule has 3 aromatic rings. The van der Waals surface area contributed by atoms with Gasteiger partial charge in [0.25, 0.3) is 0 Å². The largest absolute Gasteiger partial charge is 0.465 e. The molecule has 0 fully saturated rings. The third-order valence-corrected chi connectivity index (χ3v) is 5.63. The standard InChI is InChI=1S/C22H17Cl2NO3S/c1-13-19(15-4-3-5-17(24)12-15)20(22(27)28-2)21(29-13)25-18(26)11-8-14-6-9-16(23)10-7-14/h3-12H,1-2H3,(H,25,26)/b11-8+. The number of halogens is 2. The number of aryl methyl sites for hydroxylation is 1. The van der Waals surface area contributed by atoms with E-state index < -0.39 is 5.97 Å². The van der Waals surface area contributed by atoms with Crippen molar-refractivity contribution in [2.45, 2.75) is 6.92 Å². The summed E-state index contributed by atoms with van der Waals surface area (Å²) in [6, 6.07) is 14.3. The van der Waals surface area contributed by atoms with Gasteiger partial charge in [0, 0.05) is 26.6 Å². The Kier molecular flexibility index (Phi) is 6.75. The first-order valence-electron chi connectivity index (χ1n) is 8.61. The van der Waals surface area contributed by atoms with Crippen molar-refractivity contribution in [1.82, 2.24) is 0 Å². The normalized spacial score (nSPS) is 10.9. The highest BCUT2D eigenvalue weighted by Gasteiger charge is 2.24. The zero-order valence-corrected chi connectivity index (χ0v) is 18.0. The van der Waals surface area contributed by atoms with E-state index in [1.165, 1.54) is 24.5 Å². The van der Waals surface area contributed by atoms with Crippen LogP contribution in [0.2, 0.25) is 10.0 Å². The molecule has 0 aliphatic rings. The SMILES string of the molecule is COC(=O)c1c(NC(=O)/C=C/c2ccc(Cl)cc2)sc(C)c1-c1cccc(Cl)c1. The van der Waals surface area contributed by atoms with Crippen molar-refractivity contribution in [3.63, 3.8) is 0 Å². The quantitative estimate of drug-likeness (QED) is 0.361. The lowest BCUT2D eigenvalue weighted by atomic mass is 10.0. The van der Waals surface area contributed by atoms with E-state index in [9.17, 15) is 9.59 Å². The number of amides is 1. The molecule has 1 amide bonds. The molecule has 7 heteroatoms.